The van der Waals surface area contributed by atoms with Crippen molar-refractivity contribution in [1.29, 1.82) is 0 Å². The van der Waals surface area contributed by atoms with Crippen LogP contribution in [0.15, 0.2) is 116 Å². The van der Waals surface area contributed by atoms with E-state index in [2.05, 4.69) is 42.5 Å². The average molecular weight is 905 g/mol. The molecule has 0 unspecified atom stereocenters. The maximum absolute atomic E-state index is 12.7. The summed E-state index contributed by atoms with van der Waals surface area (Å²) < 4.78 is 17.0. The molecule has 0 fully saturated rings. The highest BCUT2D eigenvalue weighted by molar-refractivity contribution is 5.75. The summed E-state index contributed by atoms with van der Waals surface area (Å²) >= 11 is 0. The van der Waals surface area contributed by atoms with Crippen molar-refractivity contribution in [3.63, 3.8) is 0 Å². The number of non-ortho nitro benzene ring substituents is 1. The lowest BCUT2D eigenvalue weighted by molar-refractivity contribution is -0.384. The van der Waals surface area contributed by atoms with E-state index >= 15 is 0 Å². The first-order valence-corrected chi connectivity index (χ1v) is 23.9. The molecule has 0 aliphatic rings. The molecular weight excluding hydrogens is 833 g/mol. The van der Waals surface area contributed by atoms with Crippen LogP contribution in [0.1, 0.15) is 137 Å². The molecule has 4 rings (SSSR count). The highest BCUT2D eigenvalue weighted by Gasteiger charge is 2.27. The van der Waals surface area contributed by atoms with Gasteiger partial charge < -0.3 is 19.1 Å². The molecule has 0 amide bonds. The lowest BCUT2D eigenvalue weighted by Crippen LogP contribution is -2.32. The van der Waals surface area contributed by atoms with Gasteiger partial charge in [-0.2, -0.15) is 20.5 Å². The van der Waals surface area contributed by atoms with Crippen LogP contribution in [-0.2, 0) is 9.53 Å². The molecule has 0 aromatic heterocycles. The van der Waals surface area contributed by atoms with Gasteiger partial charge in [-0.15, -0.1) is 10.2 Å². The number of methoxy groups -OCH3 is 2. The number of carbonyl (C=O) groups excluding carboxylic acids is 1. The molecule has 0 aliphatic carbocycles. The second kappa shape index (κ2) is 29.5. The Balaban J connectivity index is 1.31. The van der Waals surface area contributed by atoms with Crippen molar-refractivity contribution in [3.05, 3.63) is 95.0 Å². The number of nitro groups is 1. The molecule has 0 heterocycles. The monoisotopic (exact) mass is 905 g/mol. The molecule has 0 aliphatic heterocycles. The van der Waals surface area contributed by atoms with Crippen molar-refractivity contribution in [1.82, 2.24) is 0 Å². The molecule has 14 heteroatoms. The van der Waals surface area contributed by atoms with Crippen molar-refractivity contribution in [2.45, 2.75) is 137 Å². The molecule has 0 radical (unpaired) electrons. The molecule has 4 aromatic rings. The summed E-state index contributed by atoms with van der Waals surface area (Å²) in [5, 5.41) is 37.0. The molecule has 14 nitrogen and oxygen atoms in total. The van der Waals surface area contributed by atoms with Crippen LogP contribution in [0.3, 0.4) is 0 Å². The third-order valence-corrected chi connectivity index (χ3v) is 11.7. The minimum atomic E-state index is -0.506. The van der Waals surface area contributed by atoms with E-state index in [1.165, 1.54) is 121 Å². The maximum Gasteiger partial charge on any atom is 0.311 e. The van der Waals surface area contributed by atoms with Crippen LogP contribution < -0.4 is 14.4 Å². The number of benzene rings is 4. The number of hydrogen-bond acceptors (Lipinski definition) is 13. The number of esters is 1. The van der Waals surface area contributed by atoms with Gasteiger partial charge in [-0.25, -0.2) is 0 Å². The van der Waals surface area contributed by atoms with E-state index in [1.807, 2.05) is 45.0 Å². The molecule has 66 heavy (non-hydrogen) atoms. The summed E-state index contributed by atoms with van der Waals surface area (Å²) in [6, 6.07) is 24.1. The van der Waals surface area contributed by atoms with Crippen LogP contribution in [0.4, 0.5) is 45.5 Å². The van der Waals surface area contributed by atoms with Crippen LogP contribution in [0.25, 0.3) is 0 Å². The molecule has 0 atom stereocenters. The number of nitrogens with zero attached hydrogens (tertiary/aromatic N) is 8. The fourth-order valence-electron chi connectivity index (χ4n) is 7.13. The Morgan fingerprint density at radius 3 is 1.33 bits per heavy atom. The van der Waals surface area contributed by atoms with E-state index in [-0.39, 0.29) is 11.7 Å². The first-order valence-electron chi connectivity index (χ1n) is 23.9. The maximum atomic E-state index is 12.7. The van der Waals surface area contributed by atoms with Crippen LogP contribution in [0.5, 0.6) is 11.5 Å². The van der Waals surface area contributed by atoms with Gasteiger partial charge in [0.2, 0.25) is 0 Å². The van der Waals surface area contributed by atoms with E-state index in [4.69, 9.17) is 14.2 Å². The molecule has 0 spiro atoms. The molecule has 0 saturated heterocycles. The second-order valence-electron chi connectivity index (χ2n) is 17.3. The normalized spacial score (nSPS) is 11.8. The number of hydrogen-bond donors (Lipinski definition) is 0. The highest BCUT2D eigenvalue weighted by Crippen LogP contribution is 2.41. The minimum Gasteiger partial charge on any atom is -0.494 e. The molecular formula is C52H72N8O6. The summed E-state index contributed by atoms with van der Waals surface area (Å²) in [6.45, 7) is 9.94. The van der Waals surface area contributed by atoms with Gasteiger partial charge in [0.25, 0.3) is 5.69 Å². The summed E-state index contributed by atoms with van der Waals surface area (Å²) in [4.78, 5) is 25.5. The highest BCUT2D eigenvalue weighted by atomic mass is 16.6. The van der Waals surface area contributed by atoms with Crippen molar-refractivity contribution in [2.75, 3.05) is 38.8 Å². The Bertz CT molecular complexity index is 2120. The number of anilines is 1. The summed E-state index contributed by atoms with van der Waals surface area (Å²) in [5.41, 5.74) is 3.72. The first kappa shape index (κ1) is 52.6. The lowest BCUT2D eigenvalue weighted by Gasteiger charge is -2.26. The molecule has 0 N–H and O–H groups in total. The first-order chi connectivity index (χ1) is 32.1. The Hall–Kier alpha value is -6.05. The Labute approximate surface area is 392 Å². The zero-order valence-electron chi connectivity index (χ0n) is 40.3. The number of unbranched alkanes of at least 4 members (excludes halogenated alkanes) is 15. The summed E-state index contributed by atoms with van der Waals surface area (Å²) in [5.74, 6) is 0.712. The van der Waals surface area contributed by atoms with Crippen LogP contribution in [0, 0.1) is 15.5 Å². The Morgan fingerprint density at radius 1 is 0.561 bits per heavy atom. The Kier molecular flexibility index (Phi) is 23.5. The topological polar surface area (TPSA) is 165 Å². The predicted molar refractivity (Wildman–Crippen MR) is 265 cm³/mol. The van der Waals surface area contributed by atoms with Crippen molar-refractivity contribution in [3.8, 4) is 11.5 Å². The molecule has 0 bridgehead atoms. The summed E-state index contributed by atoms with van der Waals surface area (Å²) in [7, 11) is 3.09. The number of azo groups is 3. The lowest BCUT2D eigenvalue weighted by atomic mass is 9.91. The third-order valence-electron chi connectivity index (χ3n) is 11.7. The quantitative estimate of drug-likeness (QED) is 0.0155. The van der Waals surface area contributed by atoms with E-state index in [0.29, 0.717) is 58.8 Å². The molecule has 356 valence electrons. The van der Waals surface area contributed by atoms with Gasteiger partial charge in [-0.3, -0.25) is 14.9 Å². The fourth-order valence-corrected chi connectivity index (χ4v) is 7.13. The number of carbonyl (C=O) groups is 1. The van der Waals surface area contributed by atoms with Gasteiger partial charge in [0, 0.05) is 36.5 Å². The largest absolute Gasteiger partial charge is 0.494 e. The van der Waals surface area contributed by atoms with Crippen molar-refractivity contribution in [2.24, 2.45) is 36.1 Å². The van der Waals surface area contributed by atoms with Crippen LogP contribution in [0.2, 0.25) is 0 Å². The number of ether oxygens (including phenoxy) is 3. The second-order valence-corrected chi connectivity index (χ2v) is 17.3. The smallest absolute Gasteiger partial charge is 0.311 e. The number of rotatable bonds is 32. The van der Waals surface area contributed by atoms with Crippen molar-refractivity contribution < 1.29 is 23.9 Å². The SMILES string of the molecule is CCCCCCCCCCCCCCCCCCN(CCOC(=O)C(C)(C)CC)c1ccc(/N=N/c2cc(OC)c(/N=N/c3ccc(/N=N/c4ccc([N+](=O)[O-])cc4)cc3)cc2OC)cc1. The van der Waals surface area contributed by atoms with Crippen LogP contribution in [-0.4, -0.2) is 44.8 Å². The van der Waals surface area contributed by atoms with Gasteiger partial charge in [0.1, 0.15) is 29.5 Å². The van der Waals surface area contributed by atoms with Gasteiger partial charge in [0.15, 0.2) is 0 Å². The zero-order valence-corrected chi connectivity index (χ0v) is 40.3. The van der Waals surface area contributed by atoms with Crippen molar-refractivity contribution >= 4 is 51.5 Å². The molecule has 4 aromatic carbocycles. The third kappa shape index (κ3) is 18.8. The predicted octanol–water partition coefficient (Wildman–Crippen LogP) is 16.9. The average Bonchev–Trinajstić information content (AvgIpc) is 3.34. The number of nitro benzene ring substituents is 1. The summed E-state index contributed by atoms with van der Waals surface area (Å²) in [6.07, 6.45) is 22.0. The van der Waals surface area contributed by atoms with Crippen LogP contribution >= 0.6 is 0 Å². The van der Waals surface area contributed by atoms with E-state index in [9.17, 15) is 14.9 Å². The van der Waals surface area contributed by atoms with Gasteiger partial charge in [0.05, 0.1) is 53.9 Å². The van der Waals surface area contributed by atoms with Gasteiger partial charge >= 0.3 is 5.97 Å². The molecule has 0 saturated carbocycles. The minimum absolute atomic E-state index is 0.0120. The van der Waals surface area contributed by atoms with Gasteiger partial charge in [-0.05, 0) is 87.4 Å². The van der Waals surface area contributed by atoms with E-state index in [1.54, 1.807) is 50.6 Å². The fraction of sp³-hybridized carbons (Fsp3) is 0.519. The van der Waals surface area contributed by atoms with E-state index in [0.717, 1.165) is 25.1 Å². The zero-order chi connectivity index (χ0) is 47.4. The van der Waals surface area contributed by atoms with E-state index < -0.39 is 10.3 Å². The Morgan fingerprint density at radius 2 is 0.939 bits per heavy atom. The standard InChI is InChI=1S/C52H72N8O6/c1-7-9-10-11-12-13-14-15-16-17-18-19-20-21-22-23-36-59(37-38-66-51(61)52(3,4)8-2)45-32-28-44(29-33-45)56-58-48-40-49(64-5)47(39-50(48)65-6)57-55-42-26-24-41(25-27-42)53-54-43-30-34-46(35-31-43)60(62)63/h24-35,39-40H,7-23,36-38H2,1-6H3/b54-53+,57-55+,58-56+. The van der Waals surface area contributed by atoms with Gasteiger partial charge in [-0.1, -0.05) is 110 Å².